The number of aryl methyl sites for hydroxylation is 1. The summed E-state index contributed by atoms with van der Waals surface area (Å²) in [4.78, 5) is 0. The zero-order chi connectivity index (χ0) is 11.1. The lowest BCUT2D eigenvalue weighted by Gasteiger charge is -2.13. The molecule has 0 spiro atoms. The summed E-state index contributed by atoms with van der Waals surface area (Å²) in [5.41, 5.74) is 2.89. The van der Waals surface area contributed by atoms with Crippen LogP contribution in [0.15, 0.2) is 36.4 Å². The highest BCUT2D eigenvalue weighted by Gasteiger charge is 2.06. The second kappa shape index (κ2) is 6.44. The molecular weight excluding hydrogens is 180 g/mol. The lowest BCUT2D eigenvalue weighted by Crippen LogP contribution is -1.96. The largest absolute Gasteiger partial charge is 0.0879 e. The Balaban J connectivity index is 2.78. The first-order valence-electron chi connectivity index (χ1n) is 6.01. The number of allylic oxidation sites excluding steroid dienone is 2. The minimum absolute atomic E-state index is 0.595. The smallest absolute Gasteiger partial charge is 0.00179 e. The molecule has 0 heteroatoms. The molecule has 1 unspecified atom stereocenters. The van der Waals surface area contributed by atoms with Crippen molar-refractivity contribution < 1.29 is 0 Å². The second-order valence-electron chi connectivity index (χ2n) is 4.09. The zero-order valence-electron chi connectivity index (χ0n) is 10.2. The lowest BCUT2D eigenvalue weighted by atomic mass is 9.92. The maximum atomic E-state index is 2.37. The molecule has 0 bridgehead atoms. The SMILES string of the molecule is CCC/C=C\C(CC)c1ccccc1C. The Morgan fingerprint density at radius 2 is 1.93 bits per heavy atom. The number of unbranched alkanes of at least 4 members (excludes halogenated alkanes) is 1. The van der Waals surface area contributed by atoms with Crippen molar-refractivity contribution in [3.8, 4) is 0 Å². The predicted molar refractivity (Wildman–Crippen MR) is 68.3 cm³/mol. The normalized spacial score (nSPS) is 13.3. The Kier molecular flexibility index (Phi) is 5.17. The Morgan fingerprint density at radius 1 is 1.20 bits per heavy atom. The van der Waals surface area contributed by atoms with Gasteiger partial charge in [-0.2, -0.15) is 0 Å². The summed E-state index contributed by atoms with van der Waals surface area (Å²) in [6.07, 6.45) is 8.31. The molecule has 0 fully saturated rings. The highest BCUT2D eigenvalue weighted by molar-refractivity contribution is 5.31. The van der Waals surface area contributed by atoms with Crippen molar-refractivity contribution in [2.24, 2.45) is 0 Å². The van der Waals surface area contributed by atoms with E-state index in [2.05, 4.69) is 57.2 Å². The molecule has 1 aromatic carbocycles. The highest BCUT2D eigenvalue weighted by atomic mass is 14.1. The Hall–Kier alpha value is -1.04. The maximum absolute atomic E-state index is 2.37. The summed E-state index contributed by atoms with van der Waals surface area (Å²) in [6, 6.07) is 8.70. The molecule has 82 valence electrons. The van der Waals surface area contributed by atoms with Crippen molar-refractivity contribution in [1.29, 1.82) is 0 Å². The monoisotopic (exact) mass is 202 g/mol. The standard InChI is InChI=1S/C15H22/c1-4-6-7-11-14(5-2)15-12-9-8-10-13(15)3/h7-12,14H,4-6H2,1-3H3/b11-7-. The van der Waals surface area contributed by atoms with Gasteiger partial charge in [0.15, 0.2) is 0 Å². The molecule has 0 nitrogen and oxygen atoms in total. The molecule has 0 saturated carbocycles. The summed E-state index contributed by atoms with van der Waals surface area (Å²) in [5.74, 6) is 0.595. The second-order valence-corrected chi connectivity index (χ2v) is 4.09. The molecule has 15 heavy (non-hydrogen) atoms. The van der Waals surface area contributed by atoms with Gasteiger partial charge in [-0.1, -0.05) is 56.7 Å². The first kappa shape index (κ1) is 12.0. The van der Waals surface area contributed by atoms with Crippen LogP contribution in [0.2, 0.25) is 0 Å². The molecule has 1 atom stereocenters. The molecular formula is C15H22. The topological polar surface area (TPSA) is 0 Å². The quantitative estimate of drug-likeness (QED) is 0.599. The van der Waals surface area contributed by atoms with Gasteiger partial charge in [0.25, 0.3) is 0 Å². The third-order valence-corrected chi connectivity index (χ3v) is 2.85. The minimum atomic E-state index is 0.595. The molecule has 1 aromatic rings. The molecule has 0 heterocycles. The van der Waals surface area contributed by atoms with Gasteiger partial charge in [0, 0.05) is 5.92 Å². The van der Waals surface area contributed by atoms with Gasteiger partial charge in [0.05, 0.1) is 0 Å². The summed E-state index contributed by atoms with van der Waals surface area (Å²) < 4.78 is 0. The number of hydrogen-bond donors (Lipinski definition) is 0. The Morgan fingerprint density at radius 3 is 2.53 bits per heavy atom. The molecule has 0 saturated heterocycles. The van der Waals surface area contributed by atoms with Crippen LogP contribution < -0.4 is 0 Å². The van der Waals surface area contributed by atoms with Crippen LogP contribution in [-0.4, -0.2) is 0 Å². The van der Waals surface area contributed by atoms with Crippen molar-refractivity contribution in [2.45, 2.75) is 46.0 Å². The van der Waals surface area contributed by atoms with Crippen molar-refractivity contribution >= 4 is 0 Å². The fourth-order valence-corrected chi connectivity index (χ4v) is 1.89. The van der Waals surface area contributed by atoms with Gasteiger partial charge in [-0.25, -0.2) is 0 Å². The third-order valence-electron chi connectivity index (χ3n) is 2.85. The van der Waals surface area contributed by atoms with E-state index in [-0.39, 0.29) is 0 Å². The van der Waals surface area contributed by atoms with Crippen LogP contribution in [0.4, 0.5) is 0 Å². The van der Waals surface area contributed by atoms with E-state index in [4.69, 9.17) is 0 Å². The maximum Gasteiger partial charge on any atom is 0.00179 e. The summed E-state index contributed by atoms with van der Waals surface area (Å²) >= 11 is 0. The molecule has 0 aromatic heterocycles. The van der Waals surface area contributed by atoms with Gasteiger partial charge < -0.3 is 0 Å². The first-order valence-corrected chi connectivity index (χ1v) is 6.01. The van der Waals surface area contributed by atoms with Crippen molar-refractivity contribution in [3.05, 3.63) is 47.5 Å². The fraction of sp³-hybridized carbons (Fsp3) is 0.467. The molecule has 0 aliphatic carbocycles. The van der Waals surface area contributed by atoms with Crippen molar-refractivity contribution in [3.63, 3.8) is 0 Å². The van der Waals surface area contributed by atoms with E-state index >= 15 is 0 Å². The zero-order valence-corrected chi connectivity index (χ0v) is 10.2. The molecule has 1 rings (SSSR count). The van der Waals surface area contributed by atoms with Gasteiger partial charge in [-0.3, -0.25) is 0 Å². The van der Waals surface area contributed by atoms with Crippen LogP contribution in [-0.2, 0) is 0 Å². The van der Waals surface area contributed by atoms with Crippen LogP contribution in [0.25, 0.3) is 0 Å². The average Bonchev–Trinajstić information content (AvgIpc) is 2.26. The van der Waals surface area contributed by atoms with Crippen molar-refractivity contribution in [2.75, 3.05) is 0 Å². The molecule has 0 aliphatic rings. The number of benzene rings is 1. The third kappa shape index (κ3) is 3.54. The first-order chi connectivity index (χ1) is 7.29. The van der Waals surface area contributed by atoms with E-state index in [0.717, 1.165) is 0 Å². The van der Waals surface area contributed by atoms with E-state index in [0.29, 0.717) is 5.92 Å². The fourth-order valence-electron chi connectivity index (χ4n) is 1.89. The van der Waals surface area contributed by atoms with Gasteiger partial charge in [0.2, 0.25) is 0 Å². The van der Waals surface area contributed by atoms with Crippen LogP contribution in [0.5, 0.6) is 0 Å². The van der Waals surface area contributed by atoms with Crippen LogP contribution >= 0.6 is 0 Å². The van der Waals surface area contributed by atoms with Crippen molar-refractivity contribution in [1.82, 2.24) is 0 Å². The Bertz CT molecular complexity index is 310. The van der Waals surface area contributed by atoms with Gasteiger partial charge in [-0.05, 0) is 30.9 Å². The minimum Gasteiger partial charge on any atom is -0.0879 e. The Labute approximate surface area is 94.0 Å². The molecule has 0 aliphatic heterocycles. The van der Waals surface area contributed by atoms with E-state index in [1.807, 2.05) is 0 Å². The highest BCUT2D eigenvalue weighted by Crippen LogP contribution is 2.24. The van der Waals surface area contributed by atoms with Crippen LogP contribution in [0.1, 0.15) is 50.2 Å². The molecule has 0 N–H and O–H groups in total. The molecule has 0 radical (unpaired) electrons. The van der Waals surface area contributed by atoms with E-state index in [1.54, 1.807) is 0 Å². The van der Waals surface area contributed by atoms with E-state index in [9.17, 15) is 0 Å². The lowest BCUT2D eigenvalue weighted by molar-refractivity contribution is 0.791. The summed E-state index contributed by atoms with van der Waals surface area (Å²) in [5, 5.41) is 0. The average molecular weight is 202 g/mol. The summed E-state index contributed by atoms with van der Waals surface area (Å²) in [6.45, 7) is 6.68. The van der Waals surface area contributed by atoms with Crippen LogP contribution in [0, 0.1) is 6.92 Å². The van der Waals surface area contributed by atoms with Gasteiger partial charge >= 0.3 is 0 Å². The van der Waals surface area contributed by atoms with E-state index in [1.165, 1.54) is 30.4 Å². The van der Waals surface area contributed by atoms with Gasteiger partial charge in [0.1, 0.15) is 0 Å². The predicted octanol–water partition coefficient (Wildman–Crippen LogP) is 4.84. The number of hydrogen-bond acceptors (Lipinski definition) is 0. The van der Waals surface area contributed by atoms with E-state index < -0.39 is 0 Å². The number of rotatable bonds is 5. The molecule has 0 amide bonds. The summed E-state index contributed by atoms with van der Waals surface area (Å²) in [7, 11) is 0. The van der Waals surface area contributed by atoms with Gasteiger partial charge in [-0.15, -0.1) is 0 Å². The van der Waals surface area contributed by atoms with Crippen LogP contribution in [0.3, 0.4) is 0 Å².